The van der Waals surface area contributed by atoms with E-state index < -0.39 is 11.6 Å². The Labute approximate surface area is 176 Å². The van der Waals surface area contributed by atoms with Crippen LogP contribution in [0.15, 0.2) is 18.2 Å². The summed E-state index contributed by atoms with van der Waals surface area (Å²) in [5.41, 5.74) is 1.00. The average Bonchev–Trinajstić information content (AvgIpc) is 2.71. The Balaban J connectivity index is 0.00000225. The SMILES string of the molecule is C.CC1CCC(C2CCC(C3CCC(c4ccc(F)c(F)c4)CC3)CC2)CC1.[HH].[HH].[HH]. The maximum absolute atomic E-state index is 13.5. The summed E-state index contributed by atoms with van der Waals surface area (Å²) in [6, 6.07) is 4.51. The maximum atomic E-state index is 13.5. The molecular weight excluding hydrogens is 350 g/mol. The number of halogens is 2. The highest BCUT2D eigenvalue weighted by atomic mass is 19.2. The lowest BCUT2D eigenvalue weighted by molar-refractivity contribution is 0.112. The Hall–Kier alpha value is -0.920. The molecule has 3 aliphatic carbocycles. The minimum atomic E-state index is -0.725. The fourth-order valence-electron chi connectivity index (χ4n) is 6.54. The minimum absolute atomic E-state index is 0. The topological polar surface area (TPSA) is 0 Å². The second-order valence-corrected chi connectivity index (χ2v) is 9.98. The smallest absolute Gasteiger partial charge is 0.159 e. The van der Waals surface area contributed by atoms with Crippen LogP contribution in [0, 0.1) is 41.2 Å². The highest BCUT2D eigenvalue weighted by Gasteiger charge is 2.34. The van der Waals surface area contributed by atoms with Crippen molar-refractivity contribution in [3.05, 3.63) is 35.4 Å². The van der Waals surface area contributed by atoms with Crippen LogP contribution in [0.5, 0.6) is 0 Å². The van der Waals surface area contributed by atoms with Gasteiger partial charge in [0.2, 0.25) is 0 Å². The van der Waals surface area contributed by atoms with Crippen molar-refractivity contribution < 1.29 is 13.1 Å². The fourth-order valence-corrected chi connectivity index (χ4v) is 6.54. The van der Waals surface area contributed by atoms with Gasteiger partial charge in [0.05, 0.1) is 0 Å². The van der Waals surface area contributed by atoms with E-state index in [4.69, 9.17) is 0 Å². The number of rotatable bonds is 3. The van der Waals surface area contributed by atoms with Gasteiger partial charge < -0.3 is 0 Å². The van der Waals surface area contributed by atoms with Crippen LogP contribution in [-0.4, -0.2) is 0 Å². The summed E-state index contributed by atoms with van der Waals surface area (Å²) in [6.45, 7) is 2.42. The van der Waals surface area contributed by atoms with Gasteiger partial charge in [-0.2, -0.15) is 0 Å². The predicted molar refractivity (Wildman–Crippen MR) is 121 cm³/mol. The van der Waals surface area contributed by atoms with Gasteiger partial charge in [-0.05, 0) is 117 Å². The summed E-state index contributed by atoms with van der Waals surface area (Å²) in [5, 5.41) is 0. The third kappa shape index (κ3) is 4.97. The molecule has 0 unspecified atom stereocenters. The molecule has 3 fully saturated rings. The molecule has 2 heteroatoms. The molecule has 0 amide bonds. The Morgan fingerprint density at radius 3 is 1.54 bits per heavy atom. The molecule has 0 spiro atoms. The van der Waals surface area contributed by atoms with Crippen LogP contribution in [0.3, 0.4) is 0 Å². The third-order valence-corrected chi connectivity index (χ3v) is 8.40. The van der Waals surface area contributed by atoms with Crippen molar-refractivity contribution in [2.45, 2.75) is 97.3 Å². The van der Waals surface area contributed by atoms with Gasteiger partial charge in [-0.15, -0.1) is 0 Å². The Bertz CT molecular complexity index is 615. The van der Waals surface area contributed by atoms with Gasteiger partial charge in [-0.25, -0.2) is 8.78 Å². The van der Waals surface area contributed by atoms with Gasteiger partial charge in [-0.3, -0.25) is 0 Å². The third-order valence-electron chi connectivity index (χ3n) is 8.40. The Kier molecular flexibility index (Phi) is 7.56. The summed E-state index contributed by atoms with van der Waals surface area (Å²) in [4.78, 5) is 0. The summed E-state index contributed by atoms with van der Waals surface area (Å²) < 4.78 is 26.7. The van der Waals surface area contributed by atoms with Crippen molar-refractivity contribution >= 4 is 0 Å². The predicted octanol–water partition coefficient (Wildman–Crippen LogP) is 9.25. The van der Waals surface area contributed by atoms with Crippen LogP contribution < -0.4 is 0 Å². The Morgan fingerprint density at radius 1 is 0.643 bits per heavy atom. The lowest BCUT2D eigenvalue weighted by Gasteiger charge is -2.41. The molecule has 1 aromatic carbocycles. The van der Waals surface area contributed by atoms with E-state index in [1.165, 1.54) is 76.3 Å². The van der Waals surface area contributed by atoms with Crippen LogP contribution in [0.25, 0.3) is 0 Å². The van der Waals surface area contributed by atoms with E-state index in [1.807, 2.05) is 0 Å². The Morgan fingerprint density at radius 2 is 1.07 bits per heavy atom. The van der Waals surface area contributed by atoms with E-state index in [1.54, 1.807) is 6.07 Å². The van der Waals surface area contributed by atoms with Gasteiger partial charge in [-0.1, -0.05) is 33.3 Å². The molecule has 28 heavy (non-hydrogen) atoms. The second kappa shape index (κ2) is 9.72. The monoisotopic (exact) mass is 396 g/mol. The summed E-state index contributed by atoms with van der Waals surface area (Å²) in [5.74, 6) is 3.80. The van der Waals surface area contributed by atoms with Gasteiger partial charge >= 0.3 is 0 Å². The minimum Gasteiger partial charge on any atom is -0.204 e. The fraction of sp³-hybridized carbons (Fsp3) is 0.769. The molecular formula is C26H46F2. The molecule has 0 saturated heterocycles. The van der Waals surface area contributed by atoms with E-state index in [0.717, 1.165) is 48.0 Å². The van der Waals surface area contributed by atoms with Crippen molar-refractivity contribution in [3.63, 3.8) is 0 Å². The first-order valence-corrected chi connectivity index (χ1v) is 11.5. The van der Waals surface area contributed by atoms with E-state index in [9.17, 15) is 8.78 Å². The van der Waals surface area contributed by atoms with Crippen LogP contribution >= 0.6 is 0 Å². The van der Waals surface area contributed by atoms with Gasteiger partial charge in [0.1, 0.15) is 0 Å². The first-order valence-electron chi connectivity index (χ1n) is 11.5. The lowest BCUT2D eigenvalue weighted by Crippen LogP contribution is -2.29. The first-order chi connectivity index (χ1) is 13.1. The number of hydrogen-bond acceptors (Lipinski definition) is 0. The van der Waals surface area contributed by atoms with Crippen molar-refractivity contribution in [1.29, 1.82) is 0 Å². The molecule has 164 valence electrons. The van der Waals surface area contributed by atoms with Gasteiger partial charge in [0, 0.05) is 4.28 Å². The zero-order valence-corrected chi connectivity index (χ0v) is 16.9. The lowest BCUT2D eigenvalue weighted by atomic mass is 9.65. The van der Waals surface area contributed by atoms with E-state index in [0.29, 0.717) is 5.92 Å². The molecule has 3 saturated carbocycles. The zero-order valence-electron chi connectivity index (χ0n) is 16.9. The van der Waals surface area contributed by atoms with Crippen molar-refractivity contribution in [2.24, 2.45) is 29.6 Å². The molecule has 0 aliphatic heterocycles. The normalized spacial score (nSPS) is 36.5. The van der Waals surface area contributed by atoms with Crippen molar-refractivity contribution in [1.82, 2.24) is 0 Å². The molecule has 0 aromatic heterocycles. The van der Waals surface area contributed by atoms with Gasteiger partial charge in [0.25, 0.3) is 0 Å². The molecule has 4 rings (SSSR count). The molecule has 1 aromatic rings. The first kappa shape index (κ1) is 21.8. The molecule has 0 radical (unpaired) electrons. The van der Waals surface area contributed by atoms with Crippen molar-refractivity contribution in [3.8, 4) is 0 Å². The quantitative estimate of drug-likeness (QED) is 0.477. The van der Waals surface area contributed by atoms with E-state index >= 15 is 0 Å². The second-order valence-electron chi connectivity index (χ2n) is 9.98. The molecule has 0 bridgehead atoms. The number of benzene rings is 1. The molecule has 0 nitrogen and oxygen atoms in total. The molecule has 0 heterocycles. The van der Waals surface area contributed by atoms with Crippen LogP contribution in [0.1, 0.15) is 107 Å². The maximum Gasteiger partial charge on any atom is 0.159 e. The summed E-state index contributed by atoms with van der Waals surface area (Å²) >= 11 is 0. The van der Waals surface area contributed by atoms with E-state index in [2.05, 4.69) is 6.92 Å². The van der Waals surface area contributed by atoms with Crippen LogP contribution in [-0.2, 0) is 0 Å². The number of hydrogen-bond donors (Lipinski definition) is 0. The largest absolute Gasteiger partial charge is 0.204 e. The molecule has 3 aliphatic rings. The van der Waals surface area contributed by atoms with Gasteiger partial charge in [0.15, 0.2) is 11.6 Å². The van der Waals surface area contributed by atoms with Crippen molar-refractivity contribution in [2.75, 3.05) is 0 Å². The summed E-state index contributed by atoms with van der Waals surface area (Å²) in [7, 11) is 0. The molecule has 0 atom stereocenters. The molecule has 0 N–H and O–H groups in total. The van der Waals surface area contributed by atoms with E-state index in [-0.39, 0.29) is 11.7 Å². The zero-order chi connectivity index (χ0) is 18.8. The average molecular weight is 397 g/mol. The van der Waals surface area contributed by atoms with Crippen LogP contribution in [0.2, 0.25) is 0 Å². The summed E-state index contributed by atoms with van der Waals surface area (Å²) in [6.07, 6.45) is 16.5. The highest BCUT2D eigenvalue weighted by Crippen LogP contribution is 2.47. The highest BCUT2D eigenvalue weighted by molar-refractivity contribution is 5.22. The standard InChI is InChI=1S/C25H36F2.CH4.3H2/c1-17-2-4-18(5-3-17)19-6-8-20(9-7-19)21-10-12-22(13-11-21)23-14-15-24(26)25(27)16-23;;;;/h14-22H,2-13H2,1H3;1H4;3*1H. The van der Waals surface area contributed by atoms with Crippen LogP contribution in [0.4, 0.5) is 8.78 Å².